The Balaban J connectivity index is 3.25. The average Bonchev–Trinajstić information content (AvgIpc) is 2.09. The van der Waals surface area contributed by atoms with Gasteiger partial charge in [0.1, 0.15) is 5.78 Å². The first-order valence-electron chi connectivity index (χ1n) is 4.90. The molecule has 76 valence electrons. The maximum atomic E-state index is 11.2. The fourth-order valence-corrected chi connectivity index (χ4v) is 0.910. The molecule has 0 N–H and O–H groups in total. The van der Waals surface area contributed by atoms with E-state index in [1.54, 1.807) is 0 Å². The van der Waals surface area contributed by atoms with Crippen molar-refractivity contribution in [3.63, 3.8) is 0 Å². The lowest BCUT2D eigenvalue weighted by Gasteiger charge is -2.01. The third kappa shape index (κ3) is 9.28. The van der Waals surface area contributed by atoms with Gasteiger partial charge < -0.3 is 4.74 Å². The summed E-state index contributed by atoms with van der Waals surface area (Å²) in [5, 5.41) is 0. The summed E-state index contributed by atoms with van der Waals surface area (Å²) in [6.45, 7) is 9.09. The van der Waals surface area contributed by atoms with E-state index in [0.29, 0.717) is 19.4 Å². The molecular formula is C11H20O2. The van der Waals surface area contributed by atoms with E-state index in [-0.39, 0.29) is 5.78 Å². The van der Waals surface area contributed by atoms with Gasteiger partial charge in [-0.05, 0) is 19.8 Å². The fraction of sp³-hybridized carbons (Fsp3) is 0.727. The van der Waals surface area contributed by atoms with Gasteiger partial charge in [0.2, 0.25) is 0 Å². The van der Waals surface area contributed by atoms with E-state index < -0.39 is 0 Å². The van der Waals surface area contributed by atoms with Crippen molar-refractivity contribution in [3.8, 4) is 0 Å². The summed E-state index contributed by atoms with van der Waals surface area (Å²) in [6.07, 6.45) is 2.99. The number of hydrogen-bond donors (Lipinski definition) is 0. The van der Waals surface area contributed by atoms with Crippen molar-refractivity contribution < 1.29 is 9.53 Å². The van der Waals surface area contributed by atoms with Crippen LogP contribution in [0.1, 0.15) is 39.5 Å². The molecule has 0 radical (unpaired) electrons. The zero-order chi connectivity index (χ0) is 10.1. The minimum Gasteiger partial charge on any atom is -0.381 e. The van der Waals surface area contributed by atoms with Crippen molar-refractivity contribution in [2.24, 2.45) is 0 Å². The second-order valence-electron chi connectivity index (χ2n) is 3.36. The zero-order valence-electron chi connectivity index (χ0n) is 8.77. The molecule has 0 heterocycles. The number of ether oxygens (including phenoxy) is 1. The molecule has 0 amide bonds. The smallest absolute Gasteiger partial charge is 0.135 e. The summed E-state index contributed by atoms with van der Waals surface area (Å²) < 4.78 is 5.22. The number of carbonyl (C=O) groups excluding carboxylic acids is 1. The first kappa shape index (κ1) is 12.4. The quantitative estimate of drug-likeness (QED) is 0.428. The van der Waals surface area contributed by atoms with Crippen LogP contribution in [0.15, 0.2) is 12.2 Å². The van der Waals surface area contributed by atoms with Crippen LogP contribution in [0.2, 0.25) is 0 Å². The van der Waals surface area contributed by atoms with Crippen molar-refractivity contribution >= 4 is 5.78 Å². The molecule has 0 aliphatic rings. The highest BCUT2D eigenvalue weighted by molar-refractivity contribution is 5.78. The van der Waals surface area contributed by atoms with Crippen LogP contribution >= 0.6 is 0 Å². The first-order valence-corrected chi connectivity index (χ1v) is 4.90. The van der Waals surface area contributed by atoms with Crippen LogP contribution in [-0.2, 0) is 9.53 Å². The number of carbonyl (C=O) groups is 1. The number of ketones is 1. The molecule has 0 bridgehead atoms. The van der Waals surface area contributed by atoms with Gasteiger partial charge in [0.25, 0.3) is 0 Å². The van der Waals surface area contributed by atoms with Gasteiger partial charge >= 0.3 is 0 Å². The highest BCUT2D eigenvalue weighted by Gasteiger charge is 2.01. The Kier molecular flexibility index (Phi) is 7.60. The standard InChI is InChI=1S/C11H20O2/c1-4-8-13-9-7-11(12)6-5-10(2)3/h2,4-9H2,1,3H3. The summed E-state index contributed by atoms with van der Waals surface area (Å²) in [4.78, 5) is 11.2. The Morgan fingerprint density at radius 1 is 1.23 bits per heavy atom. The van der Waals surface area contributed by atoms with Crippen molar-refractivity contribution in [2.75, 3.05) is 13.2 Å². The summed E-state index contributed by atoms with van der Waals surface area (Å²) in [5.41, 5.74) is 1.07. The van der Waals surface area contributed by atoms with Gasteiger partial charge in [-0.1, -0.05) is 12.5 Å². The first-order chi connectivity index (χ1) is 6.16. The van der Waals surface area contributed by atoms with Gasteiger partial charge in [-0.3, -0.25) is 4.79 Å². The van der Waals surface area contributed by atoms with Gasteiger partial charge in [0, 0.05) is 19.4 Å². The van der Waals surface area contributed by atoms with Gasteiger partial charge in [-0.25, -0.2) is 0 Å². The van der Waals surface area contributed by atoms with Crippen LogP contribution in [0.4, 0.5) is 0 Å². The number of rotatable bonds is 8. The van der Waals surface area contributed by atoms with Crippen LogP contribution in [-0.4, -0.2) is 19.0 Å². The number of allylic oxidation sites excluding steroid dienone is 1. The lowest BCUT2D eigenvalue weighted by atomic mass is 10.1. The molecule has 2 heteroatoms. The van der Waals surface area contributed by atoms with Crippen LogP contribution in [0.5, 0.6) is 0 Å². The molecule has 0 aromatic rings. The molecular weight excluding hydrogens is 164 g/mol. The molecule has 0 fully saturated rings. The molecule has 0 unspecified atom stereocenters. The van der Waals surface area contributed by atoms with E-state index in [0.717, 1.165) is 25.0 Å². The second-order valence-corrected chi connectivity index (χ2v) is 3.36. The fourth-order valence-electron chi connectivity index (χ4n) is 0.910. The van der Waals surface area contributed by atoms with Crippen molar-refractivity contribution in [3.05, 3.63) is 12.2 Å². The van der Waals surface area contributed by atoms with E-state index in [1.807, 2.05) is 6.92 Å². The van der Waals surface area contributed by atoms with Crippen molar-refractivity contribution in [1.29, 1.82) is 0 Å². The third-order valence-electron chi connectivity index (χ3n) is 1.70. The van der Waals surface area contributed by atoms with Gasteiger partial charge in [0.15, 0.2) is 0 Å². The molecule has 0 aromatic carbocycles. The highest BCUT2D eigenvalue weighted by Crippen LogP contribution is 2.03. The maximum absolute atomic E-state index is 11.2. The van der Waals surface area contributed by atoms with E-state index in [9.17, 15) is 4.79 Å². The Hall–Kier alpha value is -0.630. The minimum absolute atomic E-state index is 0.277. The normalized spacial score (nSPS) is 10.0. The largest absolute Gasteiger partial charge is 0.381 e. The van der Waals surface area contributed by atoms with Gasteiger partial charge in [-0.15, -0.1) is 6.58 Å². The molecule has 0 aliphatic heterocycles. The predicted molar refractivity (Wildman–Crippen MR) is 54.8 cm³/mol. The molecule has 0 aliphatic carbocycles. The van der Waals surface area contributed by atoms with Crippen LogP contribution in [0, 0.1) is 0 Å². The van der Waals surface area contributed by atoms with Crippen molar-refractivity contribution in [1.82, 2.24) is 0 Å². The topological polar surface area (TPSA) is 26.3 Å². The summed E-state index contributed by atoms with van der Waals surface area (Å²) >= 11 is 0. The van der Waals surface area contributed by atoms with E-state index in [4.69, 9.17) is 4.74 Å². The minimum atomic E-state index is 0.277. The lowest BCUT2D eigenvalue weighted by Crippen LogP contribution is -2.04. The molecule has 0 atom stereocenters. The molecule has 0 saturated heterocycles. The van der Waals surface area contributed by atoms with Crippen LogP contribution < -0.4 is 0 Å². The summed E-state index contributed by atoms with van der Waals surface area (Å²) in [7, 11) is 0. The SMILES string of the molecule is C=C(C)CCC(=O)CCOCCC. The van der Waals surface area contributed by atoms with Crippen LogP contribution in [0.25, 0.3) is 0 Å². The second kappa shape index (κ2) is 7.99. The Morgan fingerprint density at radius 3 is 2.46 bits per heavy atom. The molecule has 2 nitrogen and oxygen atoms in total. The predicted octanol–water partition coefficient (Wildman–Crippen LogP) is 2.73. The Labute approximate surface area is 81.0 Å². The molecule has 0 saturated carbocycles. The van der Waals surface area contributed by atoms with E-state index in [1.165, 1.54) is 0 Å². The molecule has 13 heavy (non-hydrogen) atoms. The van der Waals surface area contributed by atoms with Crippen LogP contribution in [0.3, 0.4) is 0 Å². The third-order valence-corrected chi connectivity index (χ3v) is 1.70. The van der Waals surface area contributed by atoms with Crippen molar-refractivity contribution in [2.45, 2.75) is 39.5 Å². The monoisotopic (exact) mass is 184 g/mol. The zero-order valence-corrected chi connectivity index (χ0v) is 8.77. The maximum Gasteiger partial charge on any atom is 0.135 e. The number of Topliss-reactive ketones (excluding diaryl/α,β-unsaturated/α-hetero) is 1. The molecule has 0 spiro atoms. The average molecular weight is 184 g/mol. The summed E-state index contributed by atoms with van der Waals surface area (Å²) in [6, 6.07) is 0. The molecule has 0 rings (SSSR count). The Morgan fingerprint density at radius 2 is 1.92 bits per heavy atom. The van der Waals surface area contributed by atoms with Gasteiger partial charge in [-0.2, -0.15) is 0 Å². The molecule has 0 aromatic heterocycles. The lowest BCUT2D eigenvalue weighted by molar-refractivity contribution is -0.120. The summed E-state index contributed by atoms with van der Waals surface area (Å²) in [5.74, 6) is 0.277. The number of hydrogen-bond acceptors (Lipinski definition) is 2. The van der Waals surface area contributed by atoms with Gasteiger partial charge in [0.05, 0.1) is 6.61 Å². The van der Waals surface area contributed by atoms with E-state index >= 15 is 0 Å². The Bertz CT molecular complexity index is 161. The van der Waals surface area contributed by atoms with E-state index in [2.05, 4.69) is 13.5 Å². The highest BCUT2D eigenvalue weighted by atomic mass is 16.5.